The van der Waals surface area contributed by atoms with Crippen molar-refractivity contribution in [3.63, 3.8) is 0 Å². The van der Waals surface area contributed by atoms with Crippen LogP contribution in [0.3, 0.4) is 0 Å². The number of hydrogen-bond acceptors (Lipinski definition) is 4. The van der Waals surface area contributed by atoms with E-state index in [4.69, 9.17) is 5.11 Å². The van der Waals surface area contributed by atoms with Crippen LogP contribution in [-0.2, 0) is 0 Å². The lowest BCUT2D eigenvalue weighted by Crippen LogP contribution is -2.37. The largest absolute Gasteiger partial charge is 0.465 e. The summed E-state index contributed by atoms with van der Waals surface area (Å²) in [6.07, 6.45) is 2.32. The Bertz CT molecular complexity index is 512. The molecule has 0 bridgehead atoms. The molecule has 0 spiro atoms. The van der Waals surface area contributed by atoms with E-state index in [1.165, 1.54) is 0 Å². The van der Waals surface area contributed by atoms with Gasteiger partial charge in [0, 0.05) is 24.5 Å². The van der Waals surface area contributed by atoms with Crippen LogP contribution in [0.2, 0.25) is 0 Å². The molecule has 0 saturated heterocycles. The maximum atomic E-state index is 11.0. The fraction of sp³-hybridized carbons (Fsp3) is 0.273. The van der Waals surface area contributed by atoms with Crippen LogP contribution in [0.1, 0.15) is 12.0 Å². The molecule has 1 N–H and O–H groups in total. The number of hydrogen-bond donors (Lipinski definition) is 1. The number of nitro groups is 1. The molecule has 0 saturated carbocycles. The fourth-order valence-corrected chi connectivity index (χ4v) is 1.94. The lowest BCUT2D eigenvalue weighted by atomic mass is 9.98. The first-order chi connectivity index (χ1) is 8.59. The van der Waals surface area contributed by atoms with Crippen molar-refractivity contribution in [3.05, 3.63) is 45.9 Å². The molecule has 0 fully saturated rings. The van der Waals surface area contributed by atoms with Crippen molar-refractivity contribution in [2.75, 3.05) is 13.1 Å². The summed E-state index contributed by atoms with van der Waals surface area (Å²) < 4.78 is 0. The van der Waals surface area contributed by atoms with Crippen LogP contribution in [0.5, 0.6) is 0 Å². The number of amides is 1. The zero-order valence-electron chi connectivity index (χ0n) is 9.44. The lowest BCUT2D eigenvalue weighted by Gasteiger charge is -2.24. The summed E-state index contributed by atoms with van der Waals surface area (Å²) >= 11 is 0. The highest BCUT2D eigenvalue weighted by molar-refractivity contribution is 5.72. The van der Waals surface area contributed by atoms with Crippen LogP contribution in [-0.4, -0.2) is 39.1 Å². The monoisotopic (exact) mass is 249 g/mol. The molecule has 7 nitrogen and oxygen atoms in total. The van der Waals surface area contributed by atoms with Gasteiger partial charge in [-0.25, -0.2) is 4.79 Å². The molecule has 7 heteroatoms. The van der Waals surface area contributed by atoms with Crippen LogP contribution >= 0.6 is 0 Å². The molecule has 2 heterocycles. The van der Waals surface area contributed by atoms with Gasteiger partial charge in [0.15, 0.2) is 0 Å². The zero-order valence-corrected chi connectivity index (χ0v) is 9.44. The van der Waals surface area contributed by atoms with Gasteiger partial charge in [-0.1, -0.05) is 0 Å². The van der Waals surface area contributed by atoms with Crippen molar-refractivity contribution in [2.45, 2.75) is 6.42 Å². The minimum atomic E-state index is -1.14. The van der Waals surface area contributed by atoms with Crippen molar-refractivity contribution in [1.29, 1.82) is 0 Å². The standard InChI is InChI=1S/C11H11N3O4/c15-11(16)13-6-3-9(10(7-13)14(17)18)8-1-4-12-5-2-8/h1-2,4-5H,3,6-7H2,(H,15,16). The summed E-state index contributed by atoms with van der Waals surface area (Å²) in [5.74, 6) is 0. The topological polar surface area (TPSA) is 96.6 Å². The molecule has 1 aromatic rings. The van der Waals surface area contributed by atoms with E-state index in [0.717, 1.165) is 10.5 Å². The number of carboxylic acid groups (broad SMARTS) is 1. The van der Waals surface area contributed by atoms with E-state index in [2.05, 4.69) is 4.98 Å². The van der Waals surface area contributed by atoms with Crippen LogP contribution < -0.4 is 0 Å². The molecule has 0 aromatic carbocycles. The second-order valence-electron chi connectivity index (χ2n) is 3.87. The number of aromatic nitrogens is 1. The molecular formula is C11H11N3O4. The van der Waals surface area contributed by atoms with Crippen LogP contribution in [0, 0.1) is 10.1 Å². The summed E-state index contributed by atoms with van der Waals surface area (Å²) in [5.41, 5.74) is 1.25. The molecule has 18 heavy (non-hydrogen) atoms. The molecule has 1 aromatic heterocycles. The van der Waals surface area contributed by atoms with Gasteiger partial charge < -0.3 is 5.11 Å². The molecule has 0 aliphatic carbocycles. The van der Waals surface area contributed by atoms with E-state index in [0.29, 0.717) is 12.0 Å². The van der Waals surface area contributed by atoms with Gasteiger partial charge in [-0.2, -0.15) is 0 Å². The molecule has 0 unspecified atom stereocenters. The first kappa shape index (κ1) is 12.0. The van der Waals surface area contributed by atoms with Crippen molar-refractivity contribution < 1.29 is 14.8 Å². The molecule has 94 valence electrons. The Morgan fingerprint density at radius 2 is 2.11 bits per heavy atom. The Balaban J connectivity index is 2.39. The molecular weight excluding hydrogens is 238 g/mol. The van der Waals surface area contributed by atoms with Gasteiger partial charge in [-0.3, -0.25) is 20.0 Å². The Hall–Kier alpha value is -2.44. The molecule has 1 aliphatic rings. The molecule has 0 radical (unpaired) electrons. The van der Waals surface area contributed by atoms with Gasteiger partial charge in [-0.05, 0) is 24.1 Å². The van der Waals surface area contributed by atoms with E-state index < -0.39 is 11.0 Å². The highest BCUT2D eigenvalue weighted by Gasteiger charge is 2.30. The third-order valence-corrected chi connectivity index (χ3v) is 2.84. The summed E-state index contributed by atoms with van der Waals surface area (Å²) in [7, 11) is 0. The number of nitrogens with zero attached hydrogens (tertiary/aromatic N) is 3. The number of rotatable bonds is 2. The van der Waals surface area contributed by atoms with E-state index >= 15 is 0 Å². The SMILES string of the molecule is O=C(O)N1CCC(c2ccncc2)=C([N+](=O)[O-])C1. The Morgan fingerprint density at radius 1 is 1.44 bits per heavy atom. The first-order valence-electron chi connectivity index (χ1n) is 5.34. The Labute approximate surface area is 103 Å². The summed E-state index contributed by atoms with van der Waals surface area (Å²) in [5, 5.41) is 19.9. The second kappa shape index (κ2) is 4.82. The summed E-state index contributed by atoms with van der Waals surface area (Å²) in [6.45, 7) is 0.0876. The number of carbonyl (C=O) groups is 1. The van der Waals surface area contributed by atoms with E-state index in [-0.39, 0.29) is 18.8 Å². The fourth-order valence-electron chi connectivity index (χ4n) is 1.94. The minimum Gasteiger partial charge on any atom is -0.465 e. The first-order valence-corrected chi connectivity index (χ1v) is 5.34. The van der Waals surface area contributed by atoms with E-state index in [1.54, 1.807) is 24.5 Å². The van der Waals surface area contributed by atoms with Crippen molar-refractivity contribution in [2.24, 2.45) is 0 Å². The molecule has 1 aliphatic heterocycles. The highest BCUT2D eigenvalue weighted by Crippen LogP contribution is 2.27. The Kier molecular flexibility index (Phi) is 3.22. The van der Waals surface area contributed by atoms with Gasteiger partial charge in [0.2, 0.25) is 0 Å². The maximum absolute atomic E-state index is 11.0. The summed E-state index contributed by atoms with van der Waals surface area (Å²) in [4.78, 5) is 26.2. The maximum Gasteiger partial charge on any atom is 0.407 e. The van der Waals surface area contributed by atoms with Gasteiger partial charge >= 0.3 is 6.09 Å². The van der Waals surface area contributed by atoms with E-state index in [9.17, 15) is 14.9 Å². The quantitative estimate of drug-likeness (QED) is 0.632. The van der Waals surface area contributed by atoms with Crippen molar-refractivity contribution in [3.8, 4) is 0 Å². The van der Waals surface area contributed by atoms with E-state index in [1.807, 2.05) is 0 Å². The smallest absolute Gasteiger partial charge is 0.407 e. The summed E-state index contributed by atoms with van der Waals surface area (Å²) in [6, 6.07) is 3.38. The number of pyridine rings is 1. The van der Waals surface area contributed by atoms with Gasteiger partial charge in [0.25, 0.3) is 5.70 Å². The van der Waals surface area contributed by atoms with Crippen LogP contribution in [0.15, 0.2) is 30.2 Å². The third-order valence-electron chi connectivity index (χ3n) is 2.84. The minimum absolute atomic E-state index is 0.0603. The van der Waals surface area contributed by atoms with Crippen LogP contribution in [0.4, 0.5) is 4.79 Å². The normalized spacial score (nSPS) is 15.7. The van der Waals surface area contributed by atoms with Gasteiger partial charge in [-0.15, -0.1) is 0 Å². The van der Waals surface area contributed by atoms with Gasteiger partial charge in [0.05, 0.1) is 4.92 Å². The molecule has 2 rings (SSSR count). The Morgan fingerprint density at radius 3 is 2.67 bits per heavy atom. The van der Waals surface area contributed by atoms with Crippen molar-refractivity contribution in [1.82, 2.24) is 9.88 Å². The highest BCUT2D eigenvalue weighted by atomic mass is 16.6. The van der Waals surface area contributed by atoms with Crippen molar-refractivity contribution >= 4 is 11.7 Å². The average Bonchev–Trinajstić information content (AvgIpc) is 2.39. The third kappa shape index (κ3) is 2.29. The predicted molar refractivity (Wildman–Crippen MR) is 62.4 cm³/mol. The zero-order chi connectivity index (χ0) is 13.1. The van der Waals surface area contributed by atoms with Crippen LogP contribution in [0.25, 0.3) is 5.57 Å². The lowest BCUT2D eigenvalue weighted by molar-refractivity contribution is -0.427. The predicted octanol–water partition coefficient (Wildman–Crippen LogP) is 1.45. The average molecular weight is 249 g/mol. The second-order valence-corrected chi connectivity index (χ2v) is 3.87. The molecule has 0 atom stereocenters. The van der Waals surface area contributed by atoms with Gasteiger partial charge in [0.1, 0.15) is 6.54 Å². The molecule has 1 amide bonds.